The second-order valence-corrected chi connectivity index (χ2v) is 7.56. The van der Waals surface area contributed by atoms with Gasteiger partial charge in [-0.25, -0.2) is 0 Å². The molecule has 0 saturated carbocycles. The first-order valence-corrected chi connectivity index (χ1v) is 10.2. The summed E-state index contributed by atoms with van der Waals surface area (Å²) in [6, 6.07) is 24.3. The number of anilines is 1. The molecule has 0 aliphatic heterocycles. The molecular weight excluding hydrogens is 491 g/mol. The number of hydrogen-bond donors (Lipinski definition) is 1. The van der Waals surface area contributed by atoms with Crippen LogP contribution in [0.5, 0.6) is 11.5 Å². The molecule has 30 heavy (non-hydrogen) atoms. The third-order valence-corrected chi connectivity index (χ3v) is 4.92. The largest absolute Gasteiger partial charge is 0.493 e. The smallest absolute Gasteiger partial charge is 0.266 e. The molecule has 6 heteroatoms. The maximum Gasteiger partial charge on any atom is 0.266 e. The van der Waals surface area contributed by atoms with Gasteiger partial charge in [0.2, 0.25) is 0 Å². The van der Waals surface area contributed by atoms with E-state index in [9.17, 15) is 10.1 Å². The summed E-state index contributed by atoms with van der Waals surface area (Å²) in [5.41, 5.74) is 2.33. The molecule has 0 fully saturated rings. The van der Waals surface area contributed by atoms with Gasteiger partial charge in [-0.05, 0) is 76.2 Å². The summed E-state index contributed by atoms with van der Waals surface area (Å²) in [5.74, 6) is 0.636. The number of nitrogens with zero attached hydrogens (tertiary/aromatic N) is 1. The van der Waals surface area contributed by atoms with Crippen molar-refractivity contribution in [3.63, 3.8) is 0 Å². The van der Waals surface area contributed by atoms with Gasteiger partial charge < -0.3 is 14.8 Å². The van der Waals surface area contributed by atoms with E-state index in [2.05, 4.69) is 27.9 Å². The number of amides is 1. The Morgan fingerprint density at radius 1 is 1.07 bits per heavy atom. The Balaban J connectivity index is 1.74. The molecule has 0 saturated heterocycles. The lowest BCUT2D eigenvalue weighted by atomic mass is 10.1. The Morgan fingerprint density at radius 2 is 1.80 bits per heavy atom. The van der Waals surface area contributed by atoms with E-state index in [0.717, 1.165) is 9.13 Å². The van der Waals surface area contributed by atoms with Crippen molar-refractivity contribution in [1.29, 1.82) is 5.26 Å². The average Bonchev–Trinajstić information content (AvgIpc) is 2.78. The summed E-state index contributed by atoms with van der Waals surface area (Å²) in [4.78, 5) is 12.4. The van der Waals surface area contributed by atoms with Crippen molar-refractivity contribution in [3.05, 3.63) is 93.1 Å². The van der Waals surface area contributed by atoms with Crippen LogP contribution >= 0.6 is 22.6 Å². The van der Waals surface area contributed by atoms with Crippen molar-refractivity contribution in [1.82, 2.24) is 0 Å². The molecule has 3 rings (SSSR count). The summed E-state index contributed by atoms with van der Waals surface area (Å²) in [5, 5.41) is 12.1. The first kappa shape index (κ1) is 21.4. The second-order valence-electron chi connectivity index (χ2n) is 6.32. The van der Waals surface area contributed by atoms with E-state index < -0.39 is 5.91 Å². The Bertz CT molecular complexity index is 1090. The summed E-state index contributed by atoms with van der Waals surface area (Å²) in [6.45, 7) is 0.408. The van der Waals surface area contributed by atoms with Crippen LogP contribution in [0.4, 0.5) is 5.69 Å². The molecule has 0 aliphatic carbocycles. The lowest BCUT2D eigenvalue weighted by Gasteiger charge is -2.12. The van der Waals surface area contributed by atoms with Crippen LogP contribution in [0.15, 0.2) is 78.4 Å². The third kappa shape index (κ3) is 5.84. The molecule has 3 aromatic carbocycles. The first-order valence-electron chi connectivity index (χ1n) is 9.12. The third-order valence-electron chi connectivity index (χ3n) is 4.20. The molecule has 1 N–H and O–H groups in total. The number of benzene rings is 3. The van der Waals surface area contributed by atoms with Gasteiger partial charge in [-0.15, -0.1) is 0 Å². The van der Waals surface area contributed by atoms with E-state index in [0.29, 0.717) is 29.4 Å². The zero-order valence-corrected chi connectivity index (χ0v) is 18.4. The van der Waals surface area contributed by atoms with Crippen molar-refractivity contribution < 1.29 is 14.3 Å². The molecule has 0 bridgehead atoms. The Hall–Kier alpha value is -3.31. The van der Waals surface area contributed by atoms with E-state index in [1.165, 1.54) is 6.08 Å². The van der Waals surface area contributed by atoms with Crippen LogP contribution in [0.25, 0.3) is 6.08 Å². The minimum absolute atomic E-state index is 0.00605. The zero-order chi connectivity index (χ0) is 21.3. The van der Waals surface area contributed by atoms with E-state index in [1.54, 1.807) is 37.4 Å². The maximum atomic E-state index is 12.4. The van der Waals surface area contributed by atoms with Gasteiger partial charge >= 0.3 is 0 Å². The van der Waals surface area contributed by atoms with Crippen LogP contribution in [-0.4, -0.2) is 13.0 Å². The number of carbonyl (C=O) groups excluding carboxylic acids is 1. The van der Waals surface area contributed by atoms with E-state index in [-0.39, 0.29) is 5.57 Å². The van der Waals surface area contributed by atoms with Crippen molar-refractivity contribution in [2.45, 2.75) is 6.61 Å². The fourth-order valence-corrected chi connectivity index (χ4v) is 3.03. The molecule has 3 aromatic rings. The van der Waals surface area contributed by atoms with Crippen LogP contribution in [0.1, 0.15) is 11.1 Å². The average molecular weight is 510 g/mol. The molecule has 0 radical (unpaired) electrons. The number of halogens is 1. The van der Waals surface area contributed by atoms with Crippen molar-refractivity contribution in [2.24, 2.45) is 0 Å². The number of hydrogen-bond acceptors (Lipinski definition) is 4. The highest BCUT2D eigenvalue weighted by Gasteiger charge is 2.11. The van der Waals surface area contributed by atoms with E-state index >= 15 is 0 Å². The number of ether oxygens (including phenoxy) is 2. The highest BCUT2D eigenvalue weighted by atomic mass is 127. The SMILES string of the molecule is COc1cc(/C=C(/C#N)C(=O)Nc2ccccc2)ccc1OCc1ccc(I)cc1. The molecular formula is C24H19IN2O3. The highest BCUT2D eigenvalue weighted by Crippen LogP contribution is 2.30. The summed E-state index contributed by atoms with van der Waals surface area (Å²) >= 11 is 2.26. The molecule has 0 aromatic heterocycles. The van der Waals surface area contributed by atoms with Gasteiger partial charge in [0.05, 0.1) is 7.11 Å². The lowest BCUT2D eigenvalue weighted by molar-refractivity contribution is -0.112. The molecule has 0 aliphatic rings. The van der Waals surface area contributed by atoms with Gasteiger partial charge in [-0.3, -0.25) is 4.79 Å². The fourth-order valence-electron chi connectivity index (χ4n) is 2.67. The van der Waals surface area contributed by atoms with Crippen molar-refractivity contribution in [2.75, 3.05) is 12.4 Å². The van der Waals surface area contributed by atoms with Crippen LogP contribution in [0.2, 0.25) is 0 Å². The summed E-state index contributed by atoms with van der Waals surface area (Å²) in [6.07, 6.45) is 1.52. The predicted molar refractivity (Wildman–Crippen MR) is 125 cm³/mol. The number of nitrogens with one attached hydrogen (secondary N) is 1. The van der Waals surface area contributed by atoms with Crippen molar-refractivity contribution in [3.8, 4) is 17.6 Å². The number of rotatable bonds is 7. The number of nitriles is 1. The van der Waals surface area contributed by atoms with Crippen LogP contribution < -0.4 is 14.8 Å². The fraction of sp³-hybridized carbons (Fsp3) is 0.0833. The number of carbonyl (C=O) groups is 1. The standard InChI is InChI=1S/C24H19IN2O3/c1-29-23-14-18(9-12-22(23)30-16-17-7-10-20(25)11-8-17)13-19(15-26)24(28)27-21-5-3-2-4-6-21/h2-14H,16H2,1H3,(H,27,28)/b19-13-. The van der Waals surface area contributed by atoms with E-state index in [1.807, 2.05) is 48.5 Å². The summed E-state index contributed by atoms with van der Waals surface area (Å²) in [7, 11) is 1.55. The molecule has 5 nitrogen and oxygen atoms in total. The van der Waals surface area contributed by atoms with Gasteiger partial charge in [0.15, 0.2) is 11.5 Å². The van der Waals surface area contributed by atoms with Gasteiger partial charge in [0, 0.05) is 9.26 Å². The Morgan fingerprint density at radius 3 is 2.47 bits per heavy atom. The van der Waals surface area contributed by atoms with Gasteiger partial charge in [-0.2, -0.15) is 5.26 Å². The molecule has 1 amide bonds. The first-order chi connectivity index (χ1) is 14.6. The summed E-state index contributed by atoms with van der Waals surface area (Å²) < 4.78 is 12.5. The maximum absolute atomic E-state index is 12.4. The van der Waals surface area contributed by atoms with Crippen LogP contribution in [0, 0.1) is 14.9 Å². The monoisotopic (exact) mass is 510 g/mol. The van der Waals surface area contributed by atoms with Crippen LogP contribution in [-0.2, 0) is 11.4 Å². The van der Waals surface area contributed by atoms with Crippen LogP contribution in [0.3, 0.4) is 0 Å². The van der Waals surface area contributed by atoms with E-state index in [4.69, 9.17) is 9.47 Å². The second kappa shape index (κ2) is 10.5. The quantitative estimate of drug-likeness (QED) is 0.262. The highest BCUT2D eigenvalue weighted by molar-refractivity contribution is 14.1. The molecule has 0 unspecified atom stereocenters. The Kier molecular flexibility index (Phi) is 7.46. The van der Waals surface area contributed by atoms with Crippen molar-refractivity contribution >= 4 is 40.3 Å². The Labute approximate surface area is 189 Å². The number of methoxy groups -OCH3 is 1. The predicted octanol–water partition coefficient (Wildman–Crippen LogP) is 5.42. The minimum atomic E-state index is -0.471. The topological polar surface area (TPSA) is 71.3 Å². The minimum Gasteiger partial charge on any atom is -0.493 e. The molecule has 0 spiro atoms. The normalized spacial score (nSPS) is 10.8. The van der Waals surface area contributed by atoms with Gasteiger partial charge in [-0.1, -0.05) is 36.4 Å². The number of para-hydroxylation sites is 1. The molecule has 0 atom stereocenters. The lowest BCUT2D eigenvalue weighted by Crippen LogP contribution is -2.13. The van der Waals surface area contributed by atoms with Gasteiger partial charge in [0.1, 0.15) is 18.2 Å². The molecule has 150 valence electrons. The zero-order valence-electron chi connectivity index (χ0n) is 16.3. The molecule has 0 heterocycles. The van der Waals surface area contributed by atoms with Gasteiger partial charge in [0.25, 0.3) is 5.91 Å².